The second kappa shape index (κ2) is 8.93. The first-order chi connectivity index (χ1) is 11.2. The summed E-state index contributed by atoms with van der Waals surface area (Å²) >= 11 is 0. The molecule has 1 heterocycles. The zero-order valence-electron chi connectivity index (χ0n) is 14.5. The van der Waals surface area contributed by atoms with Crippen LogP contribution in [0.15, 0.2) is 30.3 Å². The van der Waals surface area contributed by atoms with E-state index in [1.54, 1.807) is 0 Å². The Hall–Kier alpha value is -1.53. The monoisotopic (exact) mass is 327 g/mol. The molecule has 1 atom stereocenters. The van der Waals surface area contributed by atoms with Gasteiger partial charge in [0.05, 0.1) is 6.04 Å². The lowest BCUT2D eigenvalue weighted by Crippen LogP contribution is -2.35. The minimum Gasteiger partial charge on any atom is -0.339 e. The number of nitrogens with one attached hydrogen (secondary N) is 1. The Balaban J connectivity index is 1.98. The SMILES string of the molecule is CCCC[Si]1(C#CC(=O)NC(C)c2ccccc2)CCCCC1. The van der Waals surface area contributed by atoms with Gasteiger partial charge < -0.3 is 5.32 Å². The summed E-state index contributed by atoms with van der Waals surface area (Å²) in [5.74, 6) is 2.85. The summed E-state index contributed by atoms with van der Waals surface area (Å²) < 4.78 is 0. The fraction of sp³-hybridized carbons (Fsp3) is 0.550. The second-order valence-corrected chi connectivity index (χ2v) is 11.1. The number of carbonyl (C=O) groups excluding carboxylic acids is 1. The van der Waals surface area contributed by atoms with Gasteiger partial charge in [-0.25, -0.2) is 0 Å². The summed E-state index contributed by atoms with van der Waals surface area (Å²) in [6, 6.07) is 13.9. The third-order valence-corrected chi connectivity index (χ3v) is 9.50. The van der Waals surface area contributed by atoms with Gasteiger partial charge in [-0.2, -0.15) is 0 Å². The molecular weight excluding hydrogens is 298 g/mol. The topological polar surface area (TPSA) is 29.1 Å². The van der Waals surface area contributed by atoms with Crippen LogP contribution in [-0.4, -0.2) is 14.0 Å². The molecule has 1 saturated heterocycles. The van der Waals surface area contributed by atoms with E-state index in [-0.39, 0.29) is 11.9 Å². The molecule has 2 nitrogen and oxygen atoms in total. The number of hydrogen-bond acceptors (Lipinski definition) is 1. The molecule has 0 spiro atoms. The van der Waals surface area contributed by atoms with Gasteiger partial charge in [-0.1, -0.05) is 69.4 Å². The van der Waals surface area contributed by atoms with Crippen molar-refractivity contribution in [2.45, 2.75) is 70.1 Å². The summed E-state index contributed by atoms with van der Waals surface area (Å²) in [7, 11) is -1.52. The van der Waals surface area contributed by atoms with Crippen molar-refractivity contribution in [3.8, 4) is 11.5 Å². The molecule has 2 rings (SSSR count). The second-order valence-electron chi connectivity index (χ2n) is 6.80. The average Bonchev–Trinajstić information content (AvgIpc) is 2.60. The van der Waals surface area contributed by atoms with Gasteiger partial charge in [-0.05, 0) is 36.5 Å². The molecule has 3 heteroatoms. The Bertz CT molecular complexity index is 552. The molecule has 23 heavy (non-hydrogen) atoms. The normalized spacial score (nSPS) is 17.7. The van der Waals surface area contributed by atoms with Crippen LogP contribution < -0.4 is 5.32 Å². The third kappa shape index (κ3) is 5.55. The molecule has 0 aromatic heterocycles. The minimum atomic E-state index is -1.52. The third-order valence-electron chi connectivity index (χ3n) is 4.91. The lowest BCUT2D eigenvalue weighted by molar-refractivity contribution is -0.116. The van der Waals surface area contributed by atoms with E-state index < -0.39 is 8.07 Å². The average molecular weight is 328 g/mol. The zero-order valence-corrected chi connectivity index (χ0v) is 15.5. The summed E-state index contributed by atoms with van der Waals surface area (Å²) in [6.45, 7) is 4.26. The maximum atomic E-state index is 12.2. The highest BCUT2D eigenvalue weighted by Gasteiger charge is 2.32. The Labute approximate surface area is 142 Å². The Morgan fingerprint density at radius 3 is 2.57 bits per heavy atom. The van der Waals surface area contributed by atoms with E-state index in [1.165, 1.54) is 50.2 Å². The van der Waals surface area contributed by atoms with Crippen LogP contribution in [-0.2, 0) is 4.79 Å². The highest BCUT2D eigenvalue weighted by molar-refractivity contribution is 6.87. The first kappa shape index (κ1) is 17.8. The van der Waals surface area contributed by atoms with Crippen molar-refractivity contribution >= 4 is 14.0 Å². The van der Waals surface area contributed by atoms with Gasteiger partial charge in [0.25, 0.3) is 5.91 Å². The van der Waals surface area contributed by atoms with Gasteiger partial charge in [-0.15, -0.1) is 5.54 Å². The van der Waals surface area contributed by atoms with Crippen LogP contribution in [0.2, 0.25) is 18.1 Å². The van der Waals surface area contributed by atoms with E-state index in [0.717, 1.165) is 5.56 Å². The molecular formula is C20H29NOSi. The molecule has 1 N–H and O–H groups in total. The largest absolute Gasteiger partial charge is 0.339 e. The van der Waals surface area contributed by atoms with Gasteiger partial charge >= 0.3 is 0 Å². The van der Waals surface area contributed by atoms with Crippen LogP contribution in [0.1, 0.15) is 57.6 Å². The quantitative estimate of drug-likeness (QED) is 0.608. The summed E-state index contributed by atoms with van der Waals surface area (Å²) in [5, 5.41) is 3.02. The zero-order chi connectivity index (χ0) is 16.5. The predicted molar refractivity (Wildman–Crippen MR) is 99.7 cm³/mol. The van der Waals surface area contributed by atoms with Crippen molar-refractivity contribution in [2.75, 3.05) is 0 Å². The highest BCUT2D eigenvalue weighted by atomic mass is 28.3. The van der Waals surface area contributed by atoms with E-state index in [4.69, 9.17) is 0 Å². The van der Waals surface area contributed by atoms with Gasteiger partial charge in [0.15, 0.2) is 0 Å². The van der Waals surface area contributed by atoms with Gasteiger partial charge in [-0.3, -0.25) is 4.79 Å². The minimum absolute atomic E-state index is 0.0117. The molecule has 1 aromatic carbocycles. The Morgan fingerprint density at radius 1 is 1.22 bits per heavy atom. The highest BCUT2D eigenvalue weighted by Crippen LogP contribution is 2.32. The van der Waals surface area contributed by atoms with E-state index >= 15 is 0 Å². The van der Waals surface area contributed by atoms with Gasteiger partial charge in [0.2, 0.25) is 0 Å². The smallest absolute Gasteiger partial charge is 0.295 e. The summed E-state index contributed by atoms with van der Waals surface area (Å²) in [4.78, 5) is 12.2. The van der Waals surface area contributed by atoms with Crippen molar-refractivity contribution in [1.82, 2.24) is 5.32 Å². The fourth-order valence-electron chi connectivity index (χ4n) is 3.43. The first-order valence-electron chi connectivity index (χ1n) is 9.04. The van der Waals surface area contributed by atoms with Crippen molar-refractivity contribution in [3.05, 3.63) is 35.9 Å². The van der Waals surface area contributed by atoms with E-state index in [2.05, 4.69) is 23.7 Å². The van der Waals surface area contributed by atoms with Gasteiger partial charge in [0, 0.05) is 0 Å². The number of benzene rings is 1. The van der Waals surface area contributed by atoms with Crippen LogP contribution >= 0.6 is 0 Å². The predicted octanol–water partition coefficient (Wildman–Crippen LogP) is 4.84. The van der Waals surface area contributed by atoms with Crippen LogP contribution in [0.4, 0.5) is 0 Å². The number of rotatable bonds is 5. The van der Waals surface area contributed by atoms with Crippen molar-refractivity contribution < 1.29 is 4.79 Å². The lowest BCUT2D eigenvalue weighted by atomic mass is 10.1. The number of hydrogen-bond donors (Lipinski definition) is 1. The van der Waals surface area contributed by atoms with Crippen LogP contribution in [0.25, 0.3) is 0 Å². The van der Waals surface area contributed by atoms with Gasteiger partial charge in [0.1, 0.15) is 8.07 Å². The number of carbonyl (C=O) groups is 1. The molecule has 1 aliphatic rings. The standard InChI is InChI=1S/C20H29NOSi/c1-3-4-14-23(15-9-6-10-16-23)17-13-20(22)21-18(2)19-11-7-5-8-12-19/h5,7-8,11-12,18H,3-4,6,9-10,14-16H2,1-2H3,(H,21,22). The van der Waals surface area contributed by atoms with Crippen molar-refractivity contribution in [1.29, 1.82) is 0 Å². The molecule has 0 aliphatic carbocycles. The molecule has 0 radical (unpaired) electrons. The lowest BCUT2D eigenvalue weighted by Gasteiger charge is -2.30. The van der Waals surface area contributed by atoms with Crippen molar-refractivity contribution in [2.24, 2.45) is 0 Å². The van der Waals surface area contributed by atoms with E-state index in [0.29, 0.717) is 0 Å². The molecule has 1 amide bonds. The van der Waals surface area contributed by atoms with E-state index in [1.807, 2.05) is 37.3 Å². The number of unbranched alkanes of at least 4 members (excludes halogenated alkanes) is 1. The van der Waals surface area contributed by atoms with Crippen LogP contribution in [0, 0.1) is 11.5 Å². The fourth-order valence-corrected chi connectivity index (χ4v) is 7.82. The molecule has 1 aromatic rings. The van der Waals surface area contributed by atoms with Crippen LogP contribution in [0.5, 0.6) is 0 Å². The Kier molecular flexibility index (Phi) is 6.92. The molecule has 1 fully saturated rings. The first-order valence-corrected chi connectivity index (χ1v) is 11.7. The molecule has 0 bridgehead atoms. The van der Waals surface area contributed by atoms with E-state index in [9.17, 15) is 4.79 Å². The summed E-state index contributed by atoms with van der Waals surface area (Å²) in [5.41, 5.74) is 4.63. The molecule has 124 valence electrons. The van der Waals surface area contributed by atoms with Crippen LogP contribution in [0.3, 0.4) is 0 Å². The summed E-state index contributed by atoms with van der Waals surface area (Å²) in [6.07, 6.45) is 6.47. The maximum Gasteiger partial charge on any atom is 0.295 e. The number of amides is 1. The Morgan fingerprint density at radius 2 is 1.91 bits per heavy atom. The maximum absolute atomic E-state index is 12.2. The van der Waals surface area contributed by atoms with Crippen molar-refractivity contribution in [3.63, 3.8) is 0 Å². The molecule has 1 aliphatic heterocycles. The molecule has 1 unspecified atom stereocenters. The molecule has 0 saturated carbocycles.